The molecule has 0 radical (unpaired) electrons. The lowest BCUT2D eigenvalue weighted by Crippen LogP contribution is -2.22. The van der Waals surface area contributed by atoms with E-state index in [9.17, 15) is 19.8 Å². The maximum absolute atomic E-state index is 13.3. The van der Waals surface area contributed by atoms with Crippen molar-refractivity contribution >= 4 is 29.0 Å². The molecule has 0 unspecified atom stereocenters. The van der Waals surface area contributed by atoms with E-state index in [-0.39, 0.29) is 16.9 Å². The van der Waals surface area contributed by atoms with E-state index in [4.69, 9.17) is 4.74 Å². The average molecular weight is 414 g/mol. The number of phenols is 1. The summed E-state index contributed by atoms with van der Waals surface area (Å²) in [5.41, 5.74) is 1.40. The SMILES string of the molecule is COc1cc(/C=C\c2nc3ccccc3c(=O)n2-c2cccc(C(=O)O)c2)ccc1O. The van der Waals surface area contributed by atoms with Crippen molar-refractivity contribution in [2.45, 2.75) is 0 Å². The number of aromatic nitrogens is 2. The van der Waals surface area contributed by atoms with E-state index >= 15 is 0 Å². The first kappa shape index (κ1) is 19.9. The lowest BCUT2D eigenvalue weighted by molar-refractivity contribution is 0.0697. The van der Waals surface area contributed by atoms with E-state index in [2.05, 4.69) is 4.98 Å². The fourth-order valence-corrected chi connectivity index (χ4v) is 3.26. The Kier molecular flexibility index (Phi) is 5.24. The Morgan fingerprint density at radius 2 is 1.84 bits per heavy atom. The molecule has 0 aliphatic heterocycles. The average Bonchev–Trinajstić information content (AvgIpc) is 2.78. The zero-order valence-corrected chi connectivity index (χ0v) is 16.5. The number of aromatic hydroxyl groups is 1. The first-order valence-corrected chi connectivity index (χ1v) is 9.38. The lowest BCUT2D eigenvalue weighted by atomic mass is 10.1. The number of aromatic carboxylic acids is 1. The van der Waals surface area contributed by atoms with Crippen molar-refractivity contribution in [2.24, 2.45) is 0 Å². The molecule has 0 bridgehead atoms. The van der Waals surface area contributed by atoms with Crippen LogP contribution in [0.5, 0.6) is 11.5 Å². The van der Waals surface area contributed by atoms with Gasteiger partial charge in [-0.15, -0.1) is 0 Å². The van der Waals surface area contributed by atoms with Crippen LogP contribution in [0.4, 0.5) is 0 Å². The molecule has 0 spiro atoms. The van der Waals surface area contributed by atoms with Crippen molar-refractivity contribution in [2.75, 3.05) is 7.11 Å². The third kappa shape index (κ3) is 3.89. The maximum Gasteiger partial charge on any atom is 0.335 e. The molecule has 1 heterocycles. The summed E-state index contributed by atoms with van der Waals surface area (Å²) in [5, 5.41) is 19.5. The van der Waals surface area contributed by atoms with Crippen LogP contribution >= 0.6 is 0 Å². The number of phenolic OH excluding ortho intramolecular Hbond substituents is 1. The second-order valence-electron chi connectivity index (χ2n) is 6.75. The van der Waals surface area contributed by atoms with E-state index in [1.165, 1.54) is 29.9 Å². The quantitative estimate of drug-likeness (QED) is 0.512. The third-order valence-corrected chi connectivity index (χ3v) is 4.78. The Morgan fingerprint density at radius 1 is 1.03 bits per heavy atom. The van der Waals surface area contributed by atoms with Crippen LogP contribution in [0.2, 0.25) is 0 Å². The van der Waals surface area contributed by atoms with Gasteiger partial charge in [-0.1, -0.05) is 30.3 Å². The van der Waals surface area contributed by atoms with E-state index in [0.29, 0.717) is 28.2 Å². The predicted molar refractivity (Wildman–Crippen MR) is 118 cm³/mol. The topological polar surface area (TPSA) is 102 Å². The van der Waals surface area contributed by atoms with Gasteiger partial charge in [0.2, 0.25) is 0 Å². The van der Waals surface area contributed by atoms with Gasteiger partial charge in [-0.05, 0) is 54.1 Å². The van der Waals surface area contributed by atoms with Crippen LogP contribution in [0.1, 0.15) is 21.7 Å². The van der Waals surface area contributed by atoms with E-state index in [1.54, 1.807) is 60.7 Å². The predicted octanol–water partition coefficient (Wildman–Crippen LogP) is 3.97. The maximum atomic E-state index is 13.3. The summed E-state index contributed by atoms with van der Waals surface area (Å²) in [7, 11) is 1.46. The Hall–Kier alpha value is -4.39. The van der Waals surface area contributed by atoms with Gasteiger partial charge in [-0.2, -0.15) is 0 Å². The number of carboxylic acid groups (broad SMARTS) is 1. The fraction of sp³-hybridized carbons (Fsp3) is 0.0417. The summed E-state index contributed by atoms with van der Waals surface area (Å²) in [6, 6.07) is 18.0. The largest absolute Gasteiger partial charge is 0.504 e. The van der Waals surface area contributed by atoms with Crippen LogP contribution in [-0.2, 0) is 0 Å². The van der Waals surface area contributed by atoms with E-state index in [0.717, 1.165) is 5.56 Å². The van der Waals surface area contributed by atoms with Gasteiger partial charge in [0, 0.05) is 0 Å². The molecule has 0 atom stereocenters. The summed E-state index contributed by atoms with van der Waals surface area (Å²) >= 11 is 0. The number of hydrogen-bond donors (Lipinski definition) is 2. The van der Waals surface area contributed by atoms with Crippen molar-refractivity contribution in [1.29, 1.82) is 0 Å². The Bertz CT molecular complexity index is 1390. The molecule has 0 aliphatic carbocycles. The van der Waals surface area contributed by atoms with Crippen LogP contribution in [0.25, 0.3) is 28.7 Å². The van der Waals surface area contributed by atoms with Gasteiger partial charge in [0.05, 0.1) is 29.3 Å². The number of hydrogen-bond acceptors (Lipinski definition) is 5. The molecule has 7 nitrogen and oxygen atoms in total. The van der Waals surface area contributed by atoms with Gasteiger partial charge in [0.25, 0.3) is 5.56 Å². The minimum Gasteiger partial charge on any atom is -0.504 e. The van der Waals surface area contributed by atoms with Crippen LogP contribution in [0.3, 0.4) is 0 Å². The second-order valence-corrected chi connectivity index (χ2v) is 6.75. The number of nitrogens with zero attached hydrogens (tertiary/aromatic N) is 2. The van der Waals surface area contributed by atoms with Crippen LogP contribution in [0.15, 0.2) is 71.5 Å². The number of methoxy groups -OCH3 is 1. The molecule has 3 aromatic carbocycles. The molecule has 0 amide bonds. The molecule has 4 aromatic rings. The van der Waals surface area contributed by atoms with Gasteiger partial charge < -0.3 is 14.9 Å². The van der Waals surface area contributed by atoms with Gasteiger partial charge in [0.1, 0.15) is 5.82 Å². The van der Waals surface area contributed by atoms with Crippen molar-refractivity contribution in [3.63, 3.8) is 0 Å². The molecule has 2 N–H and O–H groups in total. The zero-order valence-electron chi connectivity index (χ0n) is 16.5. The highest BCUT2D eigenvalue weighted by atomic mass is 16.5. The molecule has 154 valence electrons. The van der Waals surface area contributed by atoms with Crippen molar-refractivity contribution in [3.05, 3.63) is 94.0 Å². The molecule has 0 fully saturated rings. The summed E-state index contributed by atoms with van der Waals surface area (Å²) in [6.07, 6.45) is 3.39. The number of ether oxygens (including phenoxy) is 1. The summed E-state index contributed by atoms with van der Waals surface area (Å²) in [4.78, 5) is 29.3. The Morgan fingerprint density at radius 3 is 2.61 bits per heavy atom. The number of fused-ring (bicyclic) bond motifs is 1. The van der Waals surface area contributed by atoms with E-state index in [1.807, 2.05) is 0 Å². The highest BCUT2D eigenvalue weighted by Crippen LogP contribution is 2.27. The lowest BCUT2D eigenvalue weighted by Gasteiger charge is -2.12. The molecule has 0 saturated carbocycles. The molecular weight excluding hydrogens is 396 g/mol. The summed E-state index contributed by atoms with van der Waals surface area (Å²) in [5.74, 6) is -0.416. The fourth-order valence-electron chi connectivity index (χ4n) is 3.26. The number of benzene rings is 3. The minimum atomic E-state index is -1.09. The first-order valence-electron chi connectivity index (χ1n) is 9.38. The third-order valence-electron chi connectivity index (χ3n) is 4.78. The highest BCUT2D eigenvalue weighted by molar-refractivity contribution is 5.88. The molecule has 31 heavy (non-hydrogen) atoms. The Labute approximate surface area is 177 Å². The first-order chi connectivity index (χ1) is 15.0. The Balaban J connectivity index is 1.92. The van der Waals surface area contributed by atoms with Crippen molar-refractivity contribution in [1.82, 2.24) is 9.55 Å². The molecule has 0 aliphatic rings. The highest BCUT2D eigenvalue weighted by Gasteiger charge is 2.13. The van der Waals surface area contributed by atoms with Gasteiger partial charge in [-0.25, -0.2) is 9.78 Å². The molecule has 1 aromatic heterocycles. The summed E-state index contributed by atoms with van der Waals surface area (Å²) < 4.78 is 6.51. The van der Waals surface area contributed by atoms with E-state index < -0.39 is 5.97 Å². The standard InChI is InChI=1S/C24H18N2O5/c1-31-21-13-15(9-11-20(21)27)10-12-22-25-19-8-3-2-7-18(19)23(28)26(22)17-6-4-5-16(14-17)24(29)30/h2-14,27H,1H3,(H,29,30)/b12-10-. The molecular formula is C24H18N2O5. The van der Waals surface area contributed by atoms with Crippen molar-refractivity contribution in [3.8, 4) is 17.2 Å². The molecule has 0 saturated heterocycles. The van der Waals surface area contributed by atoms with Crippen molar-refractivity contribution < 1.29 is 19.7 Å². The second kappa shape index (κ2) is 8.16. The van der Waals surface area contributed by atoms with Crippen LogP contribution in [0, 0.1) is 0 Å². The van der Waals surface area contributed by atoms with Gasteiger partial charge >= 0.3 is 5.97 Å². The number of para-hydroxylation sites is 1. The smallest absolute Gasteiger partial charge is 0.335 e. The number of carbonyl (C=O) groups is 1. The normalized spacial score (nSPS) is 11.1. The molecule has 4 rings (SSSR count). The molecule has 7 heteroatoms. The zero-order chi connectivity index (χ0) is 22.0. The monoisotopic (exact) mass is 414 g/mol. The van der Waals surface area contributed by atoms with Gasteiger partial charge in [0.15, 0.2) is 11.5 Å². The minimum absolute atomic E-state index is 0.0193. The number of carboxylic acids is 1. The van der Waals surface area contributed by atoms with Gasteiger partial charge in [-0.3, -0.25) is 9.36 Å². The summed E-state index contributed by atoms with van der Waals surface area (Å²) in [6.45, 7) is 0. The van der Waals surface area contributed by atoms with Crippen LogP contribution < -0.4 is 10.3 Å². The number of rotatable bonds is 5. The van der Waals surface area contributed by atoms with Crippen LogP contribution in [-0.4, -0.2) is 32.8 Å².